The summed E-state index contributed by atoms with van der Waals surface area (Å²) in [6, 6.07) is 22.0. The highest BCUT2D eigenvalue weighted by Crippen LogP contribution is 2.19. The van der Waals surface area contributed by atoms with Crippen molar-refractivity contribution in [2.45, 2.75) is 13.0 Å². The van der Waals surface area contributed by atoms with Crippen LogP contribution in [0.5, 0.6) is 5.75 Å². The van der Waals surface area contributed by atoms with Crippen LogP contribution in [0.1, 0.15) is 15.9 Å². The van der Waals surface area contributed by atoms with Gasteiger partial charge in [0.1, 0.15) is 5.75 Å². The highest BCUT2D eigenvalue weighted by Gasteiger charge is 2.14. The summed E-state index contributed by atoms with van der Waals surface area (Å²) in [5, 5.41) is 2.06. The highest BCUT2D eigenvalue weighted by molar-refractivity contribution is 6.05. The number of benzene rings is 3. The molecule has 164 valence electrons. The molecule has 0 spiro atoms. The van der Waals surface area contributed by atoms with Gasteiger partial charge in [-0.25, -0.2) is 0 Å². The Morgan fingerprint density at radius 2 is 1.44 bits per heavy atom. The van der Waals surface area contributed by atoms with Gasteiger partial charge in [0.05, 0.1) is 6.42 Å². The predicted octanol–water partition coefficient (Wildman–Crippen LogP) is 4.00. The summed E-state index contributed by atoms with van der Waals surface area (Å²) in [6.07, 6.45) is -0.0259. The minimum Gasteiger partial charge on any atom is -0.455 e. The van der Waals surface area contributed by atoms with E-state index in [1.165, 1.54) is 24.3 Å². The Bertz CT molecular complexity index is 1070. The fourth-order valence-corrected chi connectivity index (χ4v) is 2.83. The van der Waals surface area contributed by atoms with Gasteiger partial charge in [-0.05, 0) is 41.0 Å². The van der Waals surface area contributed by atoms with E-state index < -0.39 is 31.0 Å². The van der Waals surface area contributed by atoms with Gasteiger partial charge >= 0.3 is 12.6 Å². The summed E-state index contributed by atoms with van der Waals surface area (Å²) in [4.78, 5) is 35.9. The standard InChI is InChI=1S/C24H19F2NO5/c25-24(26)32-20-12-10-19(11-13-20)23(30)27-21(28)15-31-22(29)14-16-6-8-18(9-7-16)17-4-2-1-3-5-17/h1-13,24H,14-15H2,(H,27,28,30). The maximum Gasteiger partial charge on any atom is 0.387 e. The summed E-state index contributed by atoms with van der Waals surface area (Å²) < 4.78 is 33.4. The molecule has 1 N–H and O–H groups in total. The van der Waals surface area contributed by atoms with Crippen molar-refractivity contribution < 1.29 is 32.6 Å². The summed E-state index contributed by atoms with van der Waals surface area (Å²) in [7, 11) is 0. The van der Waals surface area contributed by atoms with Crippen molar-refractivity contribution in [1.29, 1.82) is 0 Å². The first kappa shape index (κ1) is 22.6. The molecule has 8 heteroatoms. The number of carbonyl (C=O) groups is 3. The fraction of sp³-hybridized carbons (Fsp3) is 0.125. The van der Waals surface area contributed by atoms with Gasteiger partial charge < -0.3 is 9.47 Å². The van der Waals surface area contributed by atoms with E-state index >= 15 is 0 Å². The van der Waals surface area contributed by atoms with E-state index in [1.54, 1.807) is 12.1 Å². The molecular weight excluding hydrogens is 420 g/mol. The number of alkyl halides is 2. The minimum atomic E-state index is -2.98. The van der Waals surface area contributed by atoms with Gasteiger partial charge in [0.25, 0.3) is 11.8 Å². The van der Waals surface area contributed by atoms with Crippen molar-refractivity contribution in [3.63, 3.8) is 0 Å². The lowest BCUT2D eigenvalue weighted by molar-refractivity contribution is -0.147. The molecule has 0 saturated carbocycles. The number of nitrogens with one attached hydrogen (secondary N) is 1. The Kier molecular flexibility index (Phi) is 7.64. The molecule has 0 unspecified atom stereocenters. The van der Waals surface area contributed by atoms with Crippen LogP contribution in [-0.2, 0) is 20.7 Å². The van der Waals surface area contributed by atoms with Crippen molar-refractivity contribution in [3.05, 3.63) is 90.0 Å². The van der Waals surface area contributed by atoms with Crippen molar-refractivity contribution in [2.75, 3.05) is 6.61 Å². The lowest BCUT2D eigenvalue weighted by Crippen LogP contribution is -2.34. The molecule has 3 aromatic rings. The van der Waals surface area contributed by atoms with Gasteiger partial charge in [-0.3, -0.25) is 19.7 Å². The topological polar surface area (TPSA) is 81.7 Å². The Morgan fingerprint density at radius 3 is 2.06 bits per heavy atom. The number of rotatable bonds is 8. The fourth-order valence-electron chi connectivity index (χ4n) is 2.83. The van der Waals surface area contributed by atoms with E-state index in [0.29, 0.717) is 0 Å². The molecule has 0 aliphatic heterocycles. The SMILES string of the molecule is O=C(COC(=O)Cc1ccc(-c2ccccc2)cc1)NC(=O)c1ccc(OC(F)F)cc1. The van der Waals surface area contributed by atoms with Gasteiger partial charge in [0.2, 0.25) is 0 Å². The Balaban J connectivity index is 1.44. The number of halogens is 2. The van der Waals surface area contributed by atoms with Gasteiger partial charge in [-0.15, -0.1) is 0 Å². The maximum atomic E-state index is 12.1. The normalized spacial score (nSPS) is 10.5. The number of imide groups is 1. The third kappa shape index (κ3) is 6.73. The van der Waals surface area contributed by atoms with Crippen molar-refractivity contribution >= 4 is 17.8 Å². The largest absolute Gasteiger partial charge is 0.455 e. The van der Waals surface area contributed by atoms with Crippen LogP contribution in [0.25, 0.3) is 11.1 Å². The van der Waals surface area contributed by atoms with Gasteiger partial charge in [-0.2, -0.15) is 8.78 Å². The summed E-state index contributed by atoms with van der Waals surface area (Å²) in [5.74, 6) is -2.30. The average molecular weight is 439 g/mol. The van der Waals surface area contributed by atoms with Crippen molar-refractivity contribution in [3.8, 4) is 16.9 Å². The summed E-state index contributed by atoms with van der Waals surface area (Å²) in [6.45, 7) is -3.60. The van der Waals surface area contributed by atoms with Crippen LogP contribution in [0.15, 0.2) is 78.9 Å². The summed E-state index contributed by atoms with van der Waals surface area (Å²) in [5.41, 5.74) is 2.84. The lowest BCUT2D eigenvalue weighted by atomic mass is 10.0. The molecule has 2 amide bonds. The molecule has 6 nitrogen and oxygen atoms in total. The zero-order valence-electron chi connectivity index (χ0n) is 16.8. The molecule has 0 heterocycles. The van der Waals surface area contributed by atoms with E-state index in [9.17, 15) is 23.2 Å². The molecule has 0 bridgehead atoms. The number of ether oxygens (including phenoxy) is 2. The molecule has 0 aliphatic rings. The maximum absolute atomic E-state index is 12.1. The van der Waals surface area contributed by atoms with E-state index in [1.807, 2.05) is 42.5 Å². The van der Waals surface area contributed by atoms with Crippen LogP contribution in [0.3, 0.4) is 0 Å². The smallest absolute Gasteiger partial charge is 0.387 e. The van der Waals surface area contributed by atoms with Crippen LogP contribution in [-0.4, -0.2) is 31.0 Å². The second-order valence-electron chi connectivity index (χ2n) is 6.68. The minimum absolute atomic E-state index is 0.0259. The second kappa shape index (κ2) is 10.8. The Morgan fingerprint density at radius 1 is 0.812 bits per heavy atom. The van der Waals surface area contributed by atoms with Gasteiger partial charge in [-0.1, -0.05) is 54.6 Å². The lowest BCUT2D eigenvalue weighted by Gasteiger charge is -2.08. The van der Waals surface area contributed by atoms with E-state index in [4.69, 9.17) is 4.74 Å². The third-order valence-electron chi connectivity index (χ3n) is 4.37. The molecule has 3 aromatic carbocycles. The van der Waals surface area contributed by atoms with Crippen molar-refractivity contribution in [1.82, 2.24) is 5.32 Å². The molecule has 0 aliphatic carbocycles. The van der Waals surface area contributed by atoms with Crippen LogP contribution < -0.4 is 10.1 Å². The van der Waals surface area contributed by atoms with Crippen LogP contribution in [0, 0.1) is 0 Å². The number of hydrogen-bond acceptors (Lipinski definition) is 5. The number of amides is 2. The quantitative estimate of drug-likeness (QED) is 0.537. The van der Waals surface area contributed by atoms with Gasteiger partial charge in [0.15, 0.2) is 6.61 Å². The van der Waals surface area contributed by atoms with Crippen LogP contribution >= 0.6 is 0 Å². The highest BCUT2D eigenvalue weighted by atomic mass is 19.3. The Labute approximate surface area is 182 Å². The van der Waals surface area contributed by atoms with E-state index in [-0.39, 0.29) is 17.7 Å². The second-order valence-corrected chi connectivity index (χ2v) is 6.68. The van der Waals surface area contributed by atoms with Crippen LogP contribution in [0.2, 0.25) is 0 Å². The summed E-state index contributed by atoms with van der Waals surface area (Å²) >= 11 is 0. The first-order valence-corrected chi connectivity index (χ1v) is 9.60. The zero-order valence-corrected chi connectivity index (χ0v) is 16.8. The predicted molar refractivity (Wildman–Crippen MR) is 112 cm³/mol. The molecule has 0 aromatic heterocycles. The third-order valence-corrected chi connectivity index (χ3v) is 4.37. The first-order chi connectivity index (χ1) is 15.4. The molecule has 32 heavy (non-hydrogen) atoms. The van der Waals surface area contributed by atoms with E-state index in [2.05, 4.69) is 10.1 Å². The molecular formula is C24H19F2NO5. The number of esters is 1. The Hall–Kier alpha value is -4.07. The van der Waals surface area contributed by atoms with Gasteiger partial charge in [0, 0.05) is 5.56 Å². The van der Waals surface area contributed by atoms with Crippen LogP contribution in [0.4, 0.5) is 8.78 Å². The average Bonchev–Trinajstić information content (AvgIpc) is 2.79. The van der Waals surface area contributed by atoms with Crippen molar-refractivity contribution in [2.24, 2.45) is 0 Å². The number of carbonyl (C=O) groups excluding carboxylic acids is 3. The molecule has 3 rings (SSSR count). The van der Waals surface area contributed by atoms with E-state index in [0.717, 1.165) is 16.7 Å². The molecule has 0 radical (unpaired) electrons. The molecule has 0 atom stereocenters. The zero-order chi connectivity index (χ0) is 22.9. The molecule has 0 fully saturated rings. The first-order valence-electron chi connectivity index (χ1n) is 9.60. The number of hydrogen-bond donors (Lipinski definition) is 1. The molecule has 0 saturated heterocycles. The monoisotopic (exact) mass is 439 g/mol.